The lowest BCUT2D eigenvalue weighted by Crippen LogP contribution is -2.47. The summed E-state index contributed by atoms with van der Waals surface area (Å²) >= 11 is 6.09. The number of fused-ring (bicyclic) bond motifs is 1. The highest BCUT2D eigenvalue weighted by Crippen LogP contribution is 2.31. The molecule has 1 amide bonds. The summed E-state index contributed by atoms with van der Waals surface area (Å²) in [5.41, 5.74) is 3.99. The minimum Gasteiger partial charge on any atom is -0.465 e. The molecular formula is C30H33ClN4O3. The van der Waals surface area contributed by atoms with Crippen molar-refractivity contribution >= 4 is 28.7 Å². The molecule has 8 heteroatoms. The van der Waals surface area contributed by atoms with E-state index in [0.29, 0.717) is 19.4 Å². The number of hydrogen-bond acceptors (Lipinski definition) is 3. The predicted molar refractivity (Wildman–Crippen MR) is 151 cm³/mol. The van der Waals surface area contributed by atoms with Gasteiger partial charge in [-0.25, -0.2) is 9.59 Å². The molecule has 5 rings (SSSR count). The third-order valence-electron chi connectivity index (χ3n) is 7.50. The lowest BCUT2D eigenvalue weighted by molar-refractivity contribution is 0.0853. The fraction of sp³-hybridized carbons (Fsp3) is 0.333. The average molecular weight is 533 g/mol. The van der Waals surface area contributed by atoms with Gasteiger partial charge in [0, 0.05) is 36.7 Å². The average Bonchev–Trinajstić information content (AvgIpc) is 3.26. The summed E-state index contributed by atoms with van der Waals surface area (Å²) in [5, 5.41) is 10.6. The van der Waals surface area contributed by atoms with E-state index in [1.54, 1.807) is 4.90 Å². The predicted octanol–water partition coefficient (Wildman–Crippen LogP) is 6.15. The van der Waals surface area contributed by atoms with Gasteiger partial charge < -0.3 is 15.0 Å². The normalized spacial score (nSPS) is 17.8. The maximum Gasteiger partial charge on any atom is 0.407 e. The monoisotopic (exact) mass is 532 g/mol. The van der Waals surface area contributed by atoms with Crippen LogP contribution in [0.5, 0.6) is 0 Å². The number of nitrogens with one attached hydrogen (secondary N) is 1. The quantitative estimate of drug-likeness (QED) is 0.271. The number of aromatic amines is 1. The van der Waals surface area contributed by atoms with Gasteiger partial charge in [-0.3, -0.25) is 9.47 Å². The number of nitrogens with zero attached hydrogens (tertiary/aromatic N) is 3. The van der Waals surface area contributed by atoms with Crippen LogP contribution in [0.3, 0.4) is 0 Å². The number of carbonyl (C=O) groups is 1. The number of rotatable bonds is 9. The molecule has 7 nitrogen and oxygen atoms in total. The third kappa shape index (κ3) is 6.11. The number of carboxylic acid groups (broad SMARTS) is 1. The summed E-state index contributed by atoms with van der Waals surface area (Å²) in [6, 6.07) is 25.8. The Morgan fingerprint density at radius 2 is 1.66 bits per heavy atom. The first-order chi connectivity index (χ1) is 18.5. The Labute approximate surface area is 227 Å². The number of aromatic nitrogens is 2. The number of H-pyrrole nitrogens is 1. The number of likely N-dealkylation sites (tertiary alicyclic amines) is 1. The van der Waals surface area contributed by atoms with Crippen molar-refractivity contribution in [1.82, 2.24) is 19.4 Å². The molecule has 0 aliphatic carbocycles. The fourth-order valence-corrected chi connectivity index (χ4v) is 5.81. The number of hydrogen-bond donors (Lipinski definition) is 2. The summed E-state index contributed by atoms with van der Waals surface area (Å²) in [4.78, 5) is 31.8. The topological polar surface area (TPSA) is 81.6 Å². The molecule has 1 aromatic heterocycles. The molecule has 198 valence electrons. The molecule has 0 bridgehead atoms. The van der Waals surface area contributed by atoms with Crippen LogP contribution >= 0.6 is 11.6 Å². The minimum atomic E-state index is -0.887. The molecule has 2 atom stereocenters. The molecule has 1 unspecified atom stereocenters. The van der Waals surface area contributed by atoms with Crippen LogP contribution in [0, 0.1) is 0 Å². The van der Waals surface area contributed by atoms with Crippen molar-refractivity contribution < 1.29 is 9.90 Å². The standard InChI is InChI=1S/C30H33ClN4O3/c31-24-14-12-23(13-15-24)21-33(20-22-7-2-1-3-8-22)17-6-9-25-19-26(16-18-34(25)30(37)38)35-28-11-5-4-10-27(28)32-29(35)36/h1-5,7-8,10-15,25-26H,6,9,16-21H2,(H,32,36)(H,37,38)/t25-,26?/m0/s1. The van der Waals surface area contributed by atoms with Gasteiger partial charge in [-0.1, -0.05) is 66.2 Å². The Bertz CT molecular complexity index is 1420. The second-order valence-corrected chi connectivity index (χ2v) is 10.5. The second-order valence-electron chi connectivity index (χ2n) is 10.1. The van der Waals surface area contributed by atoms with Crippen LogP contribution in [0.4, 0.5) is 4.79 Å². The van der Waals surface area contributed by atoms with Crippen LogP contribution in [0.25, 0.3) is 11.0 Å². The SMILES string of the molecule is O=C(O)N1CCC(n2c(=O)[nH]c3ccccc32)C[C@@H]1CCCN(Cc1ccccc1)Cc1ccc(Cl)cc1. The number of halogens is 1. The number of amides is 1. The number of benzene rings is 3. The molecule has 0 spiro atoms. The van der Waals surface area contributed by atoms with Gasteiger partial charge >= 0.3 is 11.8 Å². The second kappa shape index (κ2) is 11.9. The van der Waals surface area contributed by atoms with Crippen molar-refractivity contribution in [3.63, 3.8) is 0 Å². The maximum absolute atomic E-state index is 12.8. The van der Waals surface area contributed by atoms with E-state index in [-0.39, 0.29) is 17.8 Å². The number of imidazole rings is 1. The highest BCUT2D eigenvalue weighted by molar-refractivity contribution is 6.30. The van der Waals surface area contributed by atoms with E-state index in [9.17, 15) is 14.7 Å². The zero-order valence-corrected chi connectivity index (χ0v) is 22.1. The van der Waals surface area contributed by atoms with Gasteiger partial charge in [-0.15, -0.1) is 0 Å². The molecule has 3 aromatic carbocycles. The van der Waals surface area contributed by atoms with Crippen LogP contribution in [0.1, 0.15) is 42.9 Å². The molecule has 0 saturated carbocycles. The molecule has 2 N–H and O–H groups in total. The van der Waals surface area contributed by atoms with Gasteiger partial charge in [0.25, 0.3) is 0 Å². The molecule has 38 heavy (non-hydrogen) atoms. The first kappa shape index (κ1) is 26.1. The van der Waals surface area contributed by atoms with Crippen molar-refractivity contribution in [2.75, 3.05) is 13.1 Å². The molecule has 1 aliphatic rings. The summed E-state index contributed by atoms with van der Waals surface area (Å²) < 4.78 is 1.82. The van der Waals surface area contributed by atoms with E-state index in [0.717, 1.165) is 48.5 Å². The molecule has 2 heterocycles. The Balaban J connectivity index is 1.28. The number of piperidine rings is 1. The smallest absolute Gasteiger partial charge is 0.407 e. The van der Waals surface area contributed by atoms with Crippen LogP contribution in [-0.2, 0) is 13.1 Å². The van der Waals surface area contributed by atoms with Crippen molar-refractivity contribution in [2.24, 2.45) is 0 Å². The van der Waals surface area contributed by atoms with Gasteiger partial charge in [-0.2, -0.15) is 0 Å². The summed E-state index contributed by atoms with van der Waals surface area (Å²) in [6.07, 6.45) is 1.96. The Morgan fingerprint density at radius 1 is 0.974 bits per heavy atom. The van der Waals surface area contributed by atoms with Gasteiger partial charge in [0.1, 0.15) is 0 Å². The van der Waals surface area contributed by atoms with E-state index in [1.165, 1.54) is 11.1 Å². The van der Waals surface area contributed by atoms with E-state index in [1.807, 2.05) is 47.0 Å². The molecule has 1 saturated heterocycles. The maximum atomic E-state index is 12.8. The van der Waals surface area contributed by atoms with Gasteiger partial charge in [0.15, 0.2) is 0 Å². The highest BCUT2D eigenvalue weighted by Gasteiger charge is 2.33. The minimum absolute atomic E-state index is 0.0336. The highest BCUT2D eigenvalue weighted by atomic mass is 35.5. The van der Waals surface area contributed by atoms with Gasteiger partial charge in [-0.05, 0) is 67.6 Å². The Hall–Kier alpha value is -3.55. The lowest BCUT2D eigenvalue weighted by atomic mass is 9.93. The van der Waals surface area contributed by atoms with Crippen molar-refractivity contribution in [3.05, 3.63) is 105 Å². The van der Waals surface area contributed by atoms with Crippen LogP contribution in [0.15, 0.2) is 83.7 Å². The zero-order valence-electron chi connectivity index (χ0n) is 21.3. The van der Waals surface area contributed by atoms with E-state index in [4.69, 9.17) is 11.6 Å². The van der Waals surface area contributed by atoms with Crippen molar-refractivity contribution in [3.8, 4) is 0 Å². The molecular weight excluding hydrogens is 500 g/mol. The zero-order chi connectivity index (χ0) is 26.5. The Kier molecular flexibility index (Phi) is 8.15. The summed E-state index contributed by atoms with van der Waals surface area (Å²) in [6.45, 7) is 2.85. The van der Waals surface area contributed by atoms with Gasteiger partial charge in [0.05, 0.1) is 11.0 Å². The largest absolute Gasteiger partial charge is 0.465 e. The van der Waals surface area contributed by atoms with E-state index >= 15 is 0 Å². The number of para-hydroxylation sites is 2. The first-order valence-electron chi connectivity index (χ1n) is 13.2. The molecule has 4 aromatic rings. The lowest BCUT2D eigenvalue weighted by Gasteiger charge is -2.38. The summed E-state index contributed by atoms with van der Waals surface area (Å²) in [7, 11) is 0. The molecule has 1 fully saturated rings. The van der Waals surface area contributed by atoms with E-state index < -0.39 is 6.09 Å². The Morgan fingerprint density at radius 3 is 2.39 bits per heavy atom. The van der Waals surface area contributed by atoms with Crippen molar-refractivity contribution in [2.45, 2.75) is 50.9 Å². The van der Waals surface area contributed by atoms with Crippen LogP contribution < -0.4 is 5.69 Å². The van der Waals surface area contributed by atoms with E-state index in [2.05, 4.69) is 46.3 Å². The molecule has 0 radical (unpaired) electrons. The third-order valence-corrected chi connectivity index (χ3v) is 7.76. The molecule has 1 aliphatic heterocycles. The van der Waals surface area contributed by atoms with Crippen LogP contribution in [-0.4, -0.2) is 49.7 Å². The summed E-state index contributed by atoms with van der Waals surface area (Å²) in [5.74, 6) is 0. The fourth-order valence-electron chi connectivity index (χ4n) is 5.68. The van der Waals surface area contributed by atoms with Crippen molar-refractivity contribution in [1.29, 1.82) is 0 Å². The van der Waals surface area contributed by atoms with Gasteiger partial charge in [0.2, 0.25) is 0 Å². The first-order valence-corrected chi connectivity index (χ1v) is 13.6. The van der Waals surface area contributed by atoms with Crippen LogP contribution in [0.2, 0.25) is 5.02 Å².